The van der Waals surface area contributed by atoms with Crippen LogP contribution < -0.4 is 5.32 Å². The zero-order chi connectivity index (χ0) is 34.6. The zero-order valence-corrected chi connectivity index (χ0v) is 31.9. The van der Waals surface area contributed by atoms with Gasteiger partial charge in [0.1, 0.15) is 0 Å². The largest absolute Gasteiger partial charge is 0.481 e. The molecule has 0 radical (unpaired) electrons. The lowest BCUT2D eigenvalue weighted by Crippen LogP contribution is -2.68. The van der Waals surface area contributed by atoms with Gasteiger partial charge in [0.25, 0.3) is 0 Å². The van der Waals surface area contributed by atoms with Crippen molar-refractivity contribution < 1.29 is 14.6 Å². The first-order chi connectivity index (χ1) is 23.2. The molecule has 2 bridgehead atoms. The summed E-state index contributed by atoms with van der Waals surface area (Å²) in [6.07, 6.45) is 22.2. The summed E-state index contributed by atoms with van der Waals surface area (Å²) in [5.41, 5.74) is 6.05. The highest BCUT2D eigenvalue weighted by atomic mass is 16.5. The number of nitrogens with zero attached hydrogens (tertiary/aromatic N) is 1. The molecule has 4 saturated carbocycles. The number of carboxylic acids is 1. The molecule has 7 unspecified atom stereocenters. The molecule has 49 heavy (non-hydrogen) atoms. The Morgan fingerprint density at radius 1 is 1.00 bits per heavy atom. The van der Waals surface area contributed by atoms with Crippen molar-refractivity contribution in [3.63, 3.8) is 0 Å². The van der Waals surface area contributed by atoms with Gasteiger partial charge in [-0.05, 0) is 159 Å². The van der Waals surface area contributed by atoms with Crippen molar-refractivity contribution >= 4 is 5.97 Å². The molecular weight excluding hydrogens is 604 g/mol. The molecule has 0 aromatic rings. The van der Waals surface area contributed by atoms with E-state index in [0.717, 1.165) is 50.8 Å². The van der Waals surface area contributed by atoms with Gasteiger partial charge in [0.15, 0.2) is 0 Å². The van der Waals surface area contributed by atoms with Crippen LogP contribution in [-0.4, -0.2) is 59.9 Å². The molecule has 0 aromatic heterocycles. The van der Waals surface area contributed by atoms with E-state index in [-0.39, 0.29) is 11.0 Å². The molecule has 6 aliphatic carbocycles. The van der Waals surface area contributed by atoms with Crippen LogP contribution in [0.1, 0.15) is 131 Å². The van der Waals surface area contributed by atoms with Gasteiger partial charge in [-0.3, -0.25) is 9.69 Å². The number of rotatable bonds is 8. The number of hydrogen-bond donors (Lipinski definition) is 2. The van der Waals surface area contributed by atoms with Gasteiger partial charge in [0.05, 0.1) is 12.7 Å². The maximum Gasteiger partial charge on any atom is 0.303 e. The molecule has 6 fully saturated rings. The highest BCUT2D eigenvalue weighted by Crippen LogP contribution is 2.76. The quantitative estimate of drug-likeness (QED) is 0.252. The van der Waals surface area contributed by atoms with Crippen molar-refractivity contribution in [2.24, 2.45) is 57.2 Å². The highest BCUT2D eigenvalue weighted by molar-refractivity contribution is 5.67. The minimum atomic E-state index is -0.647. The Morgan fingerprint density at radius 2 is 1.82 bits per heavy atom. The summed E-state index contributed by atoms with van der Waals surface area (Å²) >= 11 is 0. The summed E-state index contributed by atoms with van der Waals surface area (Å²) in [5, 5.41) is 13.7. The minimum Gasteiger partial charge on any atom is -0.481 e. The highest BCUT2D eigenvalue weighted by Gasteiger charge is 2.70. The van der Waals surface area contributed by atoms with Gasteiger partial charge < -0.3 is 15.2 Å². The van der Waals surface area contributed by atoms with E-state index in [0.29, 0.717) is 58.5 Å². The molecule has 0 spiro atoms. The molecule has 8 aliphatic rings. The van der Waals surface area contributed by atoms with Crippen LogP contribution in [0.25, 0.3) is 0 Å². The van der Waals surface area contributed by atoms with Crippen LogP contribution in [-0.2, 0) is 9.53 Å². The van der Waals surface area contributed by atoms with Gasteiger partial charge in [-0.2, -0.15) is 0 Å². The maximum atomic E-state index is 11.4. The lowest BCUT2D eigenvalue weighted by atomic mass is 9.33. The normalized spacial score (nSPS) is 48.5. The number of aliphatic carboxylic acids is 1. The number of hydrogen-bond acceptors (Lipinski definition) is 4. The van der Waals surface area contributed by atoms with Gasteiger partial charge in [0.2, 0.25) is 0 Å². The van der Waals surface area contributed by atoms with E-state index in [4.69, 9.17) is 4.74 Å². The van der Waals surface area contributed by atoms with Crippen molar-refractivity contribution in [1.29, 1.82) is 0 Å². The summed E-state index contributed by atoms with van der Waals surface area (Å²) in [5.74, 6) is 3.24. The first kappa shape index (κ1) is 34.6. The molecule has 2 N–H and O–H groups in total. The summed E-state index contributed by atoms with van der Waals surface area (Å²) in [4.78, 5) is 14.1. The standard InChI is InChI=1S/C44H68N2O3/c1-28(2)33-14-19-44(45-22-23-46-26-32-25-31(46)27-49-32)21-20-42(6)35(39(33)44)12-13-37-41(5)17-15-34(30-10-8-29(9-11-30)24-38(47)48)40(3,4)36(41)16-18-43(37,42)7/h10,15,29,31-33,35-37,39,45H,1,8-9,11-14,16-27H2,2-7H3,(H,47,48)/t29?,31?,32?,33?,35-,36?,37?,39?,41+,42-,43-,44+/m1/s1. The fraction of sp³-hybridized carbons (Fsp3) is 0.841. The predicted octanol–water partition coefficient (Wildman–Crippen LogP) is 9.20. The van der Waals surface area contributed by atoms with Crippen molar-refractivity contribution in [3.05, 3.63) is 35.5 Å². The Labute approximate surface area is 298 Å². The maximum absolute atomic E-state index is 11.4. The fourth-order valence-corrected chi connectivity index (χ4v) is 15.4. The molecule has 5 heteroatoms. The van der Waals surface area contributed by atoms with Crippen LogP contribution in [0.5, 0.6) is 0 Å². The SMILES string of the molecule is C=C(C)C1CC[C@]2(NCCN3CC4CC3CO4)CC[C@]3(C)[C@H](CCC4[C@@]5(C)CC=C(C6=CCC(CC(=O)O)CC6)C(C)(C)C5CC[C@]43C)C12. The number of ether oxygens (including phenoxy) is 1. The molecule has 2 saturated heterocycles. The lowest BCUT2D eigenvalue weighted by molar-refractivity contribution is -0.221. The average Bonchev–Trinajstić information content (AvgIpc) is 3.77. The van der Waals surface area contributed by atoms with Crippen LogP contribution in [0.4, 0.5) is 0 Å². The molecule has 12 atom stereocenters. The number of carboxylic acid groups (broad SMARTS) is 1. The average molecular weight is 673 g/mol. The molecule has 2 heterocycles. The molecule has 272 valence electrons. The van der Waals surface area contributed by atoms with Crippen LogP contribution >= 0.6 is 0 Å². The predicted molar refractivity (Wildman–Crippen MR) is 198 cm³/mol. The molecule has 2 aliphatic heterocycles. The fourth-order valence-electron chi connectivity index (χ4n) is 15.4. The Balaban J connectivity index is 1.04. The summed E-state index contributed by atoms with van der Waals surface area (Å²) in [7, 11) is 0. The van der Waals surface area contributed by atoms with Gasteiger partial charge >= 0.3 is 5.97 Å². The van der Waals surface area contributed by atoms with Crippen LogP contribution in [0.2, 0.25) is 0 Å². The third-order valence-corrected chi connectivity index (χ3v) is 17.9. The van der Waals surface area contributed by atoms with E-state index >= 15 is 0 Å². The topological polar surface area (TPSA) is 61.8 Å². The second-order valence-electron chi connectivity index (χ2n) is 20.1. The number of fused-ring (bicyclic) bond motifs is 9. The second-order valence-corrected chi connectivity index (χ2v) is 20.1. The van der Waals surface area contributed by atoms with Crippen LogP contribution in [0.15, 0.2) is 35.5 Å². The first-order valence-electron chi connectivity index (χ1n) is 20.6. The van der Waals surface area contributed by atoms with Crippen LogP contribution in [0.3, 0.4) is 0 Å². The smallest absolute Gasteiger partial charge is 0.303 e. The lowest BCUT2D eigenvalue weighted by Gasteiger charge is -2.72. The second kappa shape index (κ2) is 12.1. The van der Waals surface area contributed by atoms with Gasteiger partial charge in [-0.15, -0.1) is 0 Å². The molecular formula is C44H68N2O3. The Hall–Kier alpha value is -1.43. The zero-order valence-electron chi connectivity index (χ0n) is 31.9. The van der Waals surface area contributed by atoms with Crippen molar-refractivity contribution in [2.75, 3.05) is 26.2 Å². The van der Waals surface area contributed by atoms with E-state index in [9.17, 15) is 9.90 Å². The van der Waals surface area contributed by atoms with Crippen molar-refractivity contribution in [3.8, 4) is 0 Å². The molecule has 0 aromatic carbocycles. The number of allylic oxidation sites excluding steroid dienone is 5. The van der Waals surface area contributed by atoms with Crippen molar-refractivity contribution in [2.45, 2.75) is 149 Å². The summed E-state index contributed by atoms with van der Waals surface area (Å²) in [6, 6.07) is 0.652. The van der Waals surface area contributed by atoms with Gasteiger partial charge in [-0.25, -0.2) is 0 Å². The minimum absolute atomic E-state index is 0.153. The summed E-state index contributed by atoms with van der Waals surface area (Å²) < 4.78 is 5.91. The Morgan fingerprint density at radius 3 is 2.49 bits per heavy atom. The number of morpholine rings is 1. The third kappa shape index (κ3) is 5.19. The Bertz CT molecular complexity index is 1410. The number of carbonyl (C=O) groups is 1. The Kier molecular flexibility index (Phi) is 8.52. The van der Waals surface area contributed by atoms with E-state index < -0.39 is 5.97 Å². The number of nitrogens with one attached hydrogen (secondary N) is 1. The van der Waals surface area contributed by atoms with E-state index in [1.165, 1.54) is 81.9 Å². The van der Waals surface area contributed by atoms with E-state index in [1.807, 2.05) is 0 Å². The molecule has 5 nitrogen and oxygen atoms in total. The third-order valence-electron chi connectivity index (χ3n) is 17.9. The first-order valence-corrected chi connectivity index (χ1v) is 20.6. The van der Waals surface area contributed by atoms with Gasteiger partial charge in [0, 0.05) is 37.6 Å². The van der Waals surface area contributed by atoms with E-state index in [2.05, 4.69) is 70.5 Å². The molecule has 0 amide bonds. The van der Waals surface area contributed by atoms with E-state index in [1.54, 1.807) is 5.57 Å². The molecule has 8 rings (SSSR count). The number of likely N-dealkylation sites (tertiary alicyclic amines) is 1. The van der Waals surface area contributed by atoms with Crippen LogP contribution in [0, 0.1) is 57.2 Å². The summed E-state index contributed by atoms with van der Waals surface area (Å²) in [6.45, 7) is 24.8. The van der Waals surface area contributed by atoms with Crippen molar-refractivity contribution in [1.82, 2.24) is 10.2 Å². The van der Waals surface area contributed by atoms with Gasteiger partial charge in [-0.1, -0.05) is 58.9 Å². The monoisotopic (exact) mass is 673 g/mol.